The van der Waals surface area contributed by atoms with Crippen molar-refractivity contribution in [3.8, 4) is 17.1 Å². The number of rotatable bonds is 5. The molecule has 2 N–H and O–H groups in total. The summed E-state index contributed by atoms with van der Waals surface area (Å²) in [6, 6.07) is 7.20. The first-order chi connectivity index (χ1) is 12.9. The van der Waals surface area contributed by atoms with Crippen LogP contribution in [0.15, 0.2) is 24.3 Å². The molecule has 1 aromatic heterocycles. The molecule has 7 heteroatoms. The van der Waals surface area contributed by atoms with Gasteiger partial charge in [-0.25, -0.2) is 4.98 Å². The van der Waals surface area contributed by atoms with Crippen LogP contribution in [0.25, 0.3) is 11.4 Å². The van der Waals surface area contributed by atoms with Crippen LogP contribution in [0.1, 0.15) is 32.2 Å². The van der Waals surface area contributed by atoms with Crippen molar-refractivity contribution in [3.05, 3.63) is 35.7 Å². The van der Waals surface area contributed by atoms with Crippen LogP contribution in [0.3, 0.4) is 0 Å². The Kier molecular flexibility index (Phi) is 5.48. The molecule has 1 aliphatic heterocycles. The summed E-state index contributed by atoms with van der Waals surface area (Å²) in [4.78, 5) is 34.2. The Balaban J connectivity index is 1.77. The Labute approximate surface area is 159 Å². The summed E-state index contributed by atoms with van der Waals surface area (Å²) in [6.07, 6.45) is 0.693. The van der Waals surface area contributed by atoms with Gasteiger partial charge in [0.1, 0.15) is 17.6 Å². The molecule has 0 aliphatic carbocycles. The maximum atomic E-state index is 12.9. The van der Waals surface area contributed by atoms with Crippen LogP contribution in [0.5, 0.6) is 5.75 Å². The number of nitrogens with zero attached hydrogens (tertiary/aromatic N) is 2. The highest BCUT2D eigenvalue weighted by Gasteiger charge is 2.31. The maximum Gasteiger partial charge on any atom is 0.245 e. The number of imidazole rings is 1. The molecule has 2 amide bonds. The van der Waals surface area contributed by atoms with Gasteiger partial charge < -0.3 is 19.9 Å². The van der Waals surface area contributed by atoms with E-state index in [0.29, 0.717) is 19.5 Å². The Morgan fingerprint density at radius 1 is 1.26 bits per heavy atom. The van der Waals surface area contributed by atoms with Crippen LogP contribution < -0.4 is 10.1 Å². The number of H-pyrrole nitrogens is 1. The summed E-state index contributed by atoms with van der Waals surface area (Å²) < 4.78 is 5.19. The maximum absolute atomic E-state index is 12.9. The van der Waals surface area contributed by atoms with Crippen molar-refractivity contribution in [1.82, 2.24) is 20.2 Å². The summed E-state index contributed by atoms with van der Waals surface area (Å²) in [7, 11) is 1.64. The quantitative estimate of drug-likeness (QED) is 0.844. The van der Waals surface area contributed by atoms with Gasteiger partial charge in [-0.1, -0.05) is 13.8 Å². The monoisotopic (exact) mass is 370 g/mol. The zero-order valence-electron chi connectivity index (χ0n) is 16.2. The van der Waals surface area contributed by atoms with Crippen LogP contribution >= 0.6 is 0 Å². The van der Waals surface area contributed by atoms with Crippen molar-refractivity contribution in [2.75, 3.05) is 13.7 Å². The highest BCUT2D eigenvalue weighted by molar-refractivity contribution is 5.87. The number of hydrogen-bond donors (Lipinski definition) is 2. The number of carbonyl (C=O) groups is 2. The Hall–Kier alpha value is -2.83. The second kappa shape index (κ2) is 7.82. The number of carbonyl (C=O) groups excluding carboxylic acids is 2. The van der Waals surface area contributed by atoms with E-state index in [2.05, 4.69) is 10.3 Å². The van der Waals surface area contributed by atoms with E-state index in [9.17, 15) is 9.59 Å². The van der Waals surface area contributed by atoms with E-state index in [0.717, 1.165) is 28.5 Å². The summed E-state index contributed by atoms with van der Waals surface area (Å²) in [5, 5.41) is 2.77. The number of fused-ring (bicyclic) bond motifs is 1. The van der Waals surface area contributed by atoms with E-state index in [-0.39, 0.29) is 17.7 Å². The van der Waals surface area contributed by atoms with Gasteiger partial charge in [-0.2, -0.15) is 0 Å². The Morgan fingerprint density at radius 3 is 2.56 bits per heavy atom. The summed E-state index contributed by atoms with van der Waals surface area (Å²) in [5.41, 5.74) is 2.91. The Bertz CT molecular complexity index is 826. The smallest absolute Gasteiger partial charge is 0.245 e. The molecule has 144 valence electrons. The second-order valence-electron chi connectivity index (χ2n) is 7.17. The largest absolute Gasteiger partial charge is 0.497 e. The summed E-state index contributed by atoms with van der Waals surface area (Å²) in [6.45, 7) is 6.38. The van der Waals surface area contributed by atoms with E-state index >= 15 is 0 Å². The van der Waals surface area contributed by atoms with Gasteiger partial charge >= 0.3 is 0 Å². The fraction of sp³-hybridized carbons (Fsp3) is 0.450. The third-order valence-corrected chi connectivity index (χ3v) is 4.80. The Morgan fingerprint density at radius 2 is 1.96 bits per heavy atom. The molecular formula is C20H26N4O3. The number of aromatic nitrogens is 2. The van der Waals surface area contributed by atoms with Crippen LogP contribution in [0.2, 0.25) is 0 Å². The molecule has 0 spiro atoms. The molecule has 0 fully saturated rings. The molecule has 27 heavy (non-hydrogen) atoms. The number of aromatic amines is 1. The van der Waals surface area contributed by atoms with Gasteiger partial charge in [0.15, 0.2) is 0 Å². The van der Waals surface area contributed by atoms with Crippen molar-refractivity contribution >= 4 is 11.8 Å². The molecule has 2 heterocycles. The lowest BCUT2D eigenvalue weighted by Crippen LogP contribution is -2.51. The third kappa shape index (κ3) is 4.13. The molecule has 3 rings (SSSR count). The van der Waals surface area contributed by atoms with Crippen molar-refractivity contribution in [1.29, 1.82) is 0 Å². The molecule has 0 bridgehead atoms. The van der Waals surface area contributed by atoms with E-state index in [1.807, 2.05) is 38.1 Å². The number of hydrogen-bond acceptors (Lipinski definition) is 4. The lowest BCUT2D eigenvalue weighted by Gasteiger charge is -2.31. The van der Waals surface area contributed by atoms with Crippen LogP contribution in [-0.4, -0.2) is 46.4 Å². The first-order valence-electron chi connectivity index (χ1n) is 9.17. The average molecular weight is 370 g/mol. The fourth-order valence-corrected chi connectivity index (χ4v) is 3.30. The number of methoxy groups -OCH3 is 1. The minimum absolute atomic E-state index is 0.0272. The molecule has 0 saturated heterocycles. The summed E-state index contributed by atoms with van der Waals surface area (Å²) in [5.74, 6) is 1.37. The standard InChI is InChI=1S/C20H26N4O3/c1-12(2)18(21-13(3)25)20(26)24-10-9-16-17(11-24)23-19(22-16)14-5-7-15(27-4)8-6-14/h5-8,12,18H,9-11H2,1-4H3,(H,21,25)(H,22,23)/t18-/m1/s1. The lowest BCUT2D eigenvalue weighted by atomic mass is 10.0. The first-order valence-corrected chi connectivity index (χ1v) is 9.17. The minimum Gasteiger partial charge on any atom is -0.497 e. The van der Waals surface area contributed by atoms with Gasteiger partial charge in [0.25, 0.3) is 0 Å². The normalized spacial score (nSPS) is 14.6. The molecule has 0 radical (unpaired) electrons. The molecule has 7 nitrogen and oxygen atoms in total. The van der Waals surface area contributed by atoms with Gasteiger partial charge in [0, 0.05) is 25.5 Å². The highest BCUT2D eigenvalue weighted by atomic mass is 16.5. The predicted molar refractivity (Wildman–Crippen MR) is 102 cm³/mol. The number of amides is 2. The predicted octanol–water partition coefficient (Wildman–Crippen LogP) is 2.13. The van der Waals surface area contributed by atoms with Crippen molar-refractivity contribution in [2.24, 2.45) is 5.92 Å². The zero-order chi connectivity index (χ0) is 19.6. The second-order valence-corrected chi connectivity index (χ2v) is 7.17. The zero-order valence-corrected chi connectivity index (χ0v) is 16.2. The van der Waals surface area contributed by atoms with Crippen molar-refractivity contribution < 1.29 is 14.3 Å². The van der Waals surface area contributed by atoms with Gasteiger partial charge in [-0.05, 0) is 30.2 Å². The van der Waals surface area contributed by atoms with Gasteiger partial charge in [0.05, 0.1) is 25.0 Å². The first kappa shape index (κ1) is 18.9. The number of nitrogens with one attached hydrogen (secondary N) is 2. The van der Waals surface area contributed by atoms with Crippen molar-refractivity contribution in [2.45, 2.75) is 39.8 Å². The highest BCUT2D eigenvalue weighted by Crippen LogP contribution is 2.25. The molecule has 1 aliphatic rings. The summed E-state index contributed by atoms with van der Waals surface area (Å²) >= 11 is 0. The molecule has 1 atom stereocenters. The fourth-order valence-electron chi connectivity index (χ4n) is 3.30. The molecule has 1 aromatic carbocycles. The van der Waals surface area contributed by atoms with Crippen LogP contribution in [0, 0.1) is 5.92 Å². The topological polar surface area (TPSA) is 87.3 Å². The molecule has 0 unspecified atom stereocenters. The van der Waals surface area contributed by atoms with Crippen LogP contribution in [-0.2, 0) is 22.6 Å². The van der Waals surface area contributed by atoms with E-state index in [1.165, 1.54) is 6.92 Å². The van der Waals surface area contributed by atoms with Crippen molar-refractivity contribution in [3.63, 3.8) is 0 Å². The number of ether oxygens (including phenoxy) is 1. The lowest BCUT2D eigenvalue weighted by molar-refractivity contribution is -0.138. The SMILES string of the molecule is COc1ccc(-c2nc3c([nH]2)CN(C(=O)[C@H](NC(C)=O)C(C)C)CC3)cc1. The minimum atomic E-state index is -0.506. The average Bonchev–Trinajstić information content (AvgIpc) is 3.08. The van der Waals surface area contributed by atoms with E-state index < -0.39 is 6.04 Å². The molecule has 0 saturated carbocycles. The van der Waals surface area contributed by atoms with E-state index in [1.54, 1.807) is 12.0 Å². The van der Waals surface area contributed by atoms with Gasteiger partial charge in [-0.15, -0.1) is 0 Å². The molecular weight excluding hydrogens is 344 g/mol. The molecule has 2 aromatic rings. The van der Waals surface area contributed by atoms with Gasteiger partial charge in [-0.3, -0.25) is 9.59 Å². The van der Waals surface area contributed by atoms with E-state index in [4.69, 9.17) is 9.72 Å². The number of benzene rings is 1. The third-order valence-electron chi connectivity index (χ3n) is 4.80. The van der Waals surface area contributed by atoms with Crippen LogP contribution in [0.4, 0.5) is 0 Å². The van der Waals surface area contributed by atoms with Gasteiger partial charge in [0.2, 0.25) is 11.8 Å².